The van der Waals surface area contributed by atoms with E-state index in [0.29, 0.717) is 18.0 Å². The summed E-state index contributed by atoms with van der Waals surface area (Å²) in [5.41, 5.74) is 1.55. The molecule has 1 fully saturated rings. The molecule has 0 saturated carbocycles. The average molecular weight is 228 g/mol. The Bertz CT molecular complexity index is 444. The van der Waals surface area contributed by atoms with Gasteiger partial charge in [0.15, 0.2) is 0 Å². The third kappa shape index (κ3) is 2.31. The second-order valence-electron chi connectivity index (χ2n) is 4.40. The zero-order valence-corrected chi connectivity index (χ0v) is 10.0. The summed E-state index contributed by atoms with van der Waals surface area (Å²) in [7, 11) is 0. The Balaban J connectivity index is 2.24. The van der Waals surface area contributed by atoms with Crippen LogP contribution in [0.1, 0.15) is 38.2 Å². The molecule has 1 amide bonds. The molecule has 1 saturated heterocycles. The lowest BCUT2D eigenvalue weighted by molar-refractivity contribution is -0.117. The van der Waals surface area contributed by atoms with Crippen LogP contribution in [0, 0.1) is 11.3 Å². The molecule has 3 heteroatoms. The monoisotopic (exact) mass is 228 g/mol. The van der Waals surface area contributed by atoms with Gasteiger partial charge in [-0.2, -0.15) is 5.26 Å². The Morgan fingerprint density at radius 3 is 2.71 bits per heavy atom. The van der Waals surface area contributed by atoms with Gasteiger partial charge in [-0.3, -0.25) is 4.79 Å². The van der Waals surface area contributed by atoms with E-state index in [1.807, 2.05) is 17.0 Å². The van der Waals surface area contributed by atoms with E-state index in [-0.39, 0.29) is 5.91 Å². The Hall–Kier alpha value is -1.82. The molecule has 1 heterocycles. The summed E-state index contributed by atoms with van der Waals surface area (Å²) in [4.78, 5) is 13.8. The molecular formula is C14H16N2O. The van der Waals surface area contributed by atoms with E-state index in [9.17, 15) is 4.79 Å². The summed E-state index contributed by atoms with van der Waals surface area (Å²) in [6.07, 6.45) is 3.73. The van der Waals surface area contributed by atoms with Gasteiger partial charge in [-0.1, -0.05) is 13.3 Å². The molecule has 1 unspecified atom stereocenters. The van der Waals surface area contributed by atoms with E-state index in [1.54, 1.807) is 12.1 Å². The van der Waals surface area contributed by atoms with Gasteiger partial charge in [0.2, 0.25) is 5.91 Å². The molecule has 17 heavy (non-hydrogen) atoms. The minimum atomic E-state index is 0.202. The van der Waals surface area contributed by atoms with E-state index < -0.39 is 0 Å². The quantitative estimate of drug-likeness (QED) is 0.798. The van der Waals surface area contributed by atoms with Gasteiger partial charge >= 0.3 is 0 Å². The first-order valence-electron chi connectivity index (χ1n) is 6.08. The molecule has 1 aliphatic rings. The third-order valence-corrected chi connectivity index (χ3v) is 3.22. The number of hydrogen-bond acceptors (Lipinski definition) is 2. The van der Waals surface area contributed by atoms with E-state index in [4.69, 9.17) is 5.26 Å². The number of rotatable bonds is 3. The molecule has 2 rings (SSSR count). The highest BCUT2D eigenvalue weighted by Crippen LogP contribution is 2.29. The smallest absolute Gasteiger partial charge is 0.227 e. The van der Waals surface area contributed by atoms with Gasteiger partial charge in [0.25, 0.3) is 0 Å². The normalized spacial score (nSPS) is 19.4. The summed E-state index contributed by atoms with van der Waals surface area (Å²) in [5.74, 6) is 0.202. The Morgan fingerprint density at radius 2 is 2.12 bits per heavy atom. The van der Waals surface area contributed by atoms with Crippen LogP contribution in [0.15, 0.2) is 24.3 Å². The van der Waals surface area contributed by atoms with Gasteiger partial charge < -0.3 is 4.90 Å². The number of carbonyl (C=O) groups excluding carboxylic acids is 1. The molecule has 0 spiro atoms. The van der Waals surface area contributed by atoms with Crippen molar-refractivity contribution < 1.29 is 4.79 Å². The standard InChI is InChI=1S/C14H16N2O/c1-2-3-12-8-9-14(17)16(12)13-6-4-11(10-15)5-7-13/h4-7,12H,2-3,8-9H2,1H3. The van der Waals surface area contributed by atoms with E-state index in [1.165, 1.54) is 0 Å². The van der Waals surface area contributed by atoms with Crippen molar-refractivity contribution in [3.63, 3.8) is 0 Å². The van der Waals surface area contributed by atoms with Crippen LogP contribution < -0.4 is 4.90 Å². The van der Waals surface area contributed by atoms with E-state index in [2.05, 4.69) is 13.0 Å². The summed E-state index contributed by atoms with van der Waals surface area (Å²) in [5, 5.41) is 8.75. The maximum absolute atomic E-state index is 11.9. The molecule has 0 radical (unpaired) electrons. The maximum atomic E-state index is 11.9. The zero-order valence-electron chi connectivity index (χ0n) is 10.0. The molecule has 0 aliphatic carbocycles. The van der Waals surface area contributed by atoms with Gasteiger partial charge in [0, 0.05) is 18.2 Å². The van der Waals surface area contributed by atoms with Gasteiger partial charge in [0.05, 0.1) is 11.6 Å². The number of nitriles is 1. The van der Waals surface area contributed by atoms with Crippen molar-refractivity contribution in [3.8, 4) is 6.07 Å². The highest BCUT2D eigenvalue weighted by atomic mass is 16.2. The molecule has 0 N–H and O–H groups in total. The van der Waals surface area contributed by atoms with Gasteiger partial charge in [-0.15, -0.1) is 0 Å². The van der Waals surface area contributed by atoms with Crippen LogP contribution in [0.5, 0.6) is 0 Å². The van der Waals surface area contributed by atoms with Crippen molar-refractivity contribution in [3.05, 3.63) is 29.8 Å². The largest absolute Gasteiger partial charge is 0.309 e. The minimum Gasteiger partial charge on any atom is -0.309 e. The number of carbonyl (C=O) groups is 1. The second kappa shape index (κ2) is 5.01. The number of hydrogen-bond donors (Lipinski definition) is 0. The van der Waals surface area contributed by atoms with Crippen LogP contribution in [0.4, 0.5) is 5.69 Å². The molecule has 1 aromatic carbocycles. The predicted octanol–water partition coefficient (Wildman–Crippen LogP) is 2.85. The number of benzene rings is 1. The van der Waals surface area contributed by atoms with Crippen molar-refractivity contribution >= 4 is 11.6 Å². The molecule has 0 bridgehead atoms. The third-order valence-electron chi connectivity index (χ3n) is 3.22. The van der Waals surface area contributed by atoms with Crippen molar-refractivity contribution in [1.29, 1.82) is 5.26 Å². The van der Waals surface area contributed by atoms with Gasteiger partial charge in [-0.05, 0) is 37.1 Å². The average Bonchev–Trinajstić information content (AvgIpc) is 2.71. The van der Waals surface area contributed by atoms with Crippen LogP contribution >= 0.6 is 0 Å². The lowest BCUT2D eigenvalue weighted by atomic mass is 10.1. The lowest BCUT2D eigenvalue weighted by Gasteiger charge is -2.24. The fourth-order valence-electron chi connectivity index (χ4n) is 2.40. The summed E-state index contributed by atoms with van der Waals surface area (Å²) in [6, 6.07) is 9.69. The highest BCUT2D eigenvalue weighted by Gasteiger charge is 2.31. The number of amides is 1. The van der Waals surface area contributed by atoms with Crippen molar-refractivity contribution in [2.24, 2.45) is 0 Å². The van der Waals surface area contributed by atoms with Crippen molar-refractivity contribution in [2.45, 2.75) is 38.6 Å². The molecule has 3 nitrogen and oxygen atoms in total. The van der Waals surface area contributed by atoms with Crippen LogP contribution in [0.2, 0.25) is 0 Å². The fraction of sp³-hybridized carbons (Fsp3) is 0.429. The first-order chi connectivity index (χ1) is 8.26. The first kappa shape index (κ1) is 11.7. The first-order valence-corrected chi connectivity index (χ1v) is 6.08. The molecular weight excluding hydrogens is 212 g/mol. The minimum absolute atomic E-state index is 0.202. The molecule has 1 aliphatic heterocycles. The predicted molar refractivity (Wildman–Crippen MR) is 66.6 cm³/mol. The van der Waals surface area contributed by atoms with Crippen LogP contribution in [-0.4, -0.2) is 11.9 Å². The summed E-state index contributed by atoms with van der Waals surface area (Å²) < 4.78 is 0. The topological polar surface area (TPSA) is 44.1 Å². The van der Waals surface area contributed by atoms with Gasteiger partial charge in [-0.25, -0.2) is 0 Å². The molecule has 0 aromatic heterocycles. The number of nitrogens with zero attached hydrogens (tertiary/aromatic N) is 2. The van der Waals surface area contributed by atoms with Crippen molar-refractivity contribution in [2.75, 3.05) is 4.90 Å². The van der Waals surface area contributed by atoms with Gasteiger partial charge in [0.1, 0.15) is 0 Å². The van der Waals surface area contributed by atoms with Crippen LogP contribution in [-0.2, 0) is 4.79 Å². The Kier molecular flexibility index (Phi) is 3.43. The number of anilines is 1. The summed E-state index contributed by atoms with van der Waals surface area (Å²) >= 11 is 0. The molecule has 1 aromatic rings. The second-order valence-corrected chi connectivity index (χ2v) is 4.40. The zero-order chi connectivity index (χ0) is 12.3. The Labute approximate surface area is 102 Å². The highest BCUT2D eigenvalue weighted by molar-refractivity contribution is 5.96. The van der Waals surface area contributed by atoms with Crippen molar-refractivity contribution in [1.82, 2.24) is 0 Å². The van der Waals surface area contributed by atoms with E-state index in [0.717, 1.165) is 24.9 Å². The lowest BCUT2D eigenvalue weighted by Crippen LogP contribution is -2.32. The SMILES string of the molecule is CCCC1CCC(=O)N1c1ccc(C#N)cc1. The summed E-state index contributed by atoms with van der Waals surface area (Å²) in [6.45, 7) is 2.14. The fourth-order valence-corrected chi connectivity index (χ4v) is 2.40. The molecule has 88 valence electrons. The molecule has 1 atom stereocenters. The van der Waals surface area contributed by atoms with Crippen LogP contribution in [0.25, 0.3) is 0 Å². The maximum Gasteiger partial charge on any atom is 0.227 e. The van der Waals surface area contributed by atoms with Crippen LogP contribution in [0.3, 0.4) is 0 Å². The van der Waals surface area contributed by atoms with E-state index >= 15 is 0 Å². The Morgan fingerprint density at radius 1 is 1.41 bits per heavy atom.